The molecule has 1 aromatic carbocycles. The predicted octanol–water partition coefficient (Wildman–Crippen LogP) is 1.69. The zero-order chi connectivity index (χ0) is 12.5. The number of morpholine rings is 1. The first-order valence-corrected chi connectivity index (χ1v) is 6.61. The summed E-state index contributed by atoms with van der Waals surface area (Å²) in [6.07, 6.45) is 3.03. The van der Waals surface area contributed by atoms with Crippen molar-refractivity contribution in [3.63, 3.8) is 0 Å². The Morgan fingerprint density at radius 2 is 1.83 bits per heavy atom. The van der Waals surface area contributed by atoms with Gasteiger partial charge in [0.25, 0.3) is 0 Å². The van der Waals surface area contributed by atoms with Gasteiger partial charge in [-0.3, -0.25) is 4.90 Å². The number of benzene rings is 1. The van der Waals surface area contributed by atoms with Crippen LogP contribution in [0.2, 0.25) is 0 Å². The number of ether oxygens (including phenoxy) is 1. The lowest BCUT2D eigenvalue weighted by atomic mass is 10.0. The summed E-state index contributed by atoms with van der Waals surface area (Å²) in [7, 11) is 0. The van der Waals surface area contributed by atoms with E-state index in [9.17, 15) is 4.39 Å². The van der Waals surface area contributed by atoms with Crippen molar-refractivity contribution in [2.24, 2.45) is 5.73 Å². The van der Waals surface area contributed by atoms with Crippen molar-refractivity contribution in [2.75, 3.05) is 19.6 Å². The molecule has 1 aromatic rings. The number of rotatable bonds is 3. The van der Waals surface area contributed by atoms with Gasteiger partial charge in [-0.25, -0.2) is 4.39 Å². The Balaban J connectivity index is 1.77. The summed E-state index contributed by atoms with van der Waals surface area (Å²) in [5.74, 6) is -0.198. The number of hydrogen-bond acceptors (Lipinski definition) is 3. The molecule has 3 unspecified atom stereocenters. The molecule has 2 N–H and O–H groups in total. The van der Waals surface area contributed by atoms with Crippen LogP contribution in [0, 0.1) is 5.82 Å². The molecule has 2 aliphatic heterocycles. The van der Waals surface area contributed by atoms with Crippen molar-refractivity contribution in [3.05, 3.63) is 35.6 Å². The standard InChI is InChI=1S/C14H19FN2O/c15-11-3-1-10(2-4-11)14(7-16)17-8-12-5-6-13(9-17)18-12/h1-4,12-14H,5-9,16H2. The van der Waals surface area contributed by atoms with E-state index in [-0.39, 0.29) is 11.9 Å². The molecule has 0 amide bonds. The fraction of sp³-hybridized carbons (Fsp3) is 0.571. The first-order valence-electron chi connectivity index (χ1n) is 6.61. The van der Waals surface area contributed by atoms with Crippen molar-refractivity contribution >= 4 is 0 Å². The number of hydrogen-bond donors (Lipinski definition) is 1. The van der Waals surface area contributed by atoms with Crippen LogP contribution in [0.4, 0.5) is 4.39 Å². The van der Waals surface area contributed by atoms with Crippen molar-refractivity contribution in [1.82, 2.24) is 4.90 Å². The topological polar surface area (TPSA) is 38.5 Å². The average Bonchev–Trinajstić information content (AvgIpc) is 2.72. The van der Waals surface area contributed by atoms with Crippen LogP contribution in [0.1, 0.15) is 24.4 Å². The SMILES string of the molecule is NCC(c1ccc(F)cc1)N1CC2CCC(C1)O2. The van der Waals surface area contributed by atoms with E-state index in [2.05, 4.69) is 4.90 Å². The third-order valence-corrected chi connectivity index (χ3v) is 3.99. The Morgan fingerprint density at radius 1 is 1.22 bits per heavy atom. The van der Waals surface area contributed by atoms with Gasteiger partial charge in [0.05, 0.1) is 12.2 Å². The van der Waals surface area contributed by atoms with E-state index in [4.69, 9.17) is 10.5 Å². The van der Waals surface area contributed by atoms with Crippen molar-refractivity contribution in [3.8, 4) is 0 Å². The van der Waals surface area contributed by atoms with Gasteiger partial charge < -0.3 is 10.5 Å². The van der Waals surface area contributed by atoms with E-state index >= 15 is 0 Å². The van der Waals surface area contributed by atoms with Crippen molar-refractivity contribution in [1.29, 1.82) is 0 Å². The molecule has 4 heteroatoms. The Hall–Kier alpha value is -0.970. The van der Waals surface area contributed by atoms with Gasteiger partial charge in [0, 0.05) is 25.7 Å². The van der Waals surface area contributed by atoms with Crippen LogP contribution in [0.25, 0.3) is 0 Å². The largest absolute Gasteiger partial charge is 0.372 e. The Morgan fingerprint density at radius 3 is 2.39 bits per heavy atom. The molecule has 0 spiro atoms. The van der Waals surface area contributed by atoms with E-state index in [1.165, 1.54) is 12.1 Å². The highest BCUT2D eigenvalue weighted by Crippen LogP contribution is 2.31. The van der Waals surface area contributed by atoms with Gasteiger partial charge in [0.15, 0.2) is 0 Å². The first-order chi connectivity index (χ1) is 8.76. The quantitative estimate of drug-likeness (QED) is 0.887. The molecule has 2 aliphatic rings. The lowest BCUT2D eigenvalue weighted by Gasteiger charge is -2.37. The summed E-state index contributed by atoms with van der Waals surface area (Å²) in [4.78, 5) is 2.39. The number of nitrogens with two attached hydrogens (primary N) is 1. The van der Waals surface area contributed by atoms with Crippen molar-refractivity contribution < 1.29 is 9.13 Å². The van der Waals surface area contributed by atoms with Gasteiger partial charge >= 0.3 is 0 Å². The van der Waals surface area contributed by atoms with Gasteiger partial charge in [0.1, 0.15) is 5.82 Å². The van der Waals surface area contributed by atoms with Gasteiger partial charge in [-0.15, -0.1) is 0 Å². The van der Waals surface area contributed by atoms with Crippen molar-refractivity contribution in [2.45, 2.75) is 31.1 Å². The van der Waals surface area contributed by atoms with Gasteiger partial charge in [-0.05, 0) is 30.5 Å². The van der Waals surface area contributed by atoms with Crippen LogP contribution in [0.5, 0.6) is 0 Å². The third-order valence-electron chi connectivity index (χ3n) is 3.99. The molecule has 98 valence electrons. The van der Waals surface area contributed by atoms with E-state index < -0.39 is 0 Å². The summed E-state index contributed by atoms with van der Waals surface area (Å²) in [5.41, 5.74) is 7.01. The highest BCUT2D eigenvalue weighted by Gasteiger charge is 2.36. The molecule has 18 heavy (non-hydrogen) atoms. The van der Waals surface area contributed by atoms with Crippen LogP contribution in [-0.4, -0.2) is 36.7 Å². The molecule has 2 fully saturated rings. The number of halogens is 1. The number of likely N-dealkylation sites (tertiary alicyclic amines) is 1. The van der Waals surface area contributed by atoms with Gasteiger partial charge in [-0.1, -0.05) is 12.1 Å². The van der Waals surface area contributed by atoms with E-state index in [1.807, 2.05) is 12.1 Å². The molecule has 0 aromatic heterocycles. The molecule has 3 rings (SSSR count). The van der Waals surface area contributed by atoms with E-state index in [0.29, 0.717) is 18.8 Å². The summed E-state index contributed by atoms with van der Waals surface area (Å²) in [6, 6.07) is 6.87. The Labute approximate surface area is 107 Å². The first kappa shape index (κ1) is 12.1. The maximum atomic E-state index is 13.0. The van der Waals surface area contributed by atoms with Gasteiger partial charge in [-0.2, -0.15) is 0 Å². The van der Waals surface area contributed by atoms with E-state index in [0.717, 1.165) is 31.5 Å². The molecule has 0 saturated carbocycles. The Bertz CT molecular complexity index is 397. The normalized spacial score (nSPS) is 29.4. The third kappa shape index (κ3) is 2.28. The lowest BCUT2D eigenvalue weighted by Crippen LogP contribution is -2.46. The monoisotopic (exact) mass is 250 g/mol. The number of fused-ring (bicyclic) bond motifs is 2. The lowest BCUT2D eigenvalue weighted by molar-refractivity contribution is -0.0521. The molecule has 2 bridgehead atoms. The summed E-state index contributed by atoms with van der Waals surface area (Å²) in [6.45, 7) is 2.44. The number of nitrogens with zero attached hydrogens (tertiary/aromatic N) is 1. The second-order valence-corrected chi connectivity index (χ2v) is 5.21. The molecule has 2 heterocycles. The molecule has 3 nitrogen and oxygen atoms in total. The van der Waals surface area contributed by atoms with Crippen LogP contribution in [-0.2, 0) is 4.74 Å². The fourth-order valence-corrected chi connectivity index (χ4v) is 3.08. The van der Waals surface area contributed by atoms with Crippen LogP contribution in [0.15, 0.2) is 24.3 Å². The molecular formula is C14H19FN2O. The zero-order valence-corrected chi connectivity index (χ0v) is 10.4. The predicted molar refractivity (Wildman–Crippen MR) is 67.7 cm³/mol. The maximum Gasteiger partial charge on any atom is 0.123 e. The summed E-state index contributed by atoms with van der Waals surface area (Å²) < 4.78 is 18.8. The molecular weight excluding hydrogens is 231 g/mol. The van der Waals surface area contributed by atoms with Gasteiger partial charge in [0.2, 0.25) is 0 Å². The smallest absolute Gasteiger partial charge is 0.123 e. The Kier molecular flexibility index (Phi) is 3.33. The minimum absolute atomic E-state index is 0.178. The highest BCUT2D eigenvalue weighted by atomic mass is 19.1. The van der Waals surface area contributed by atoms with Crippen LogP contribution in [0.3, 0.4) is 0 Å². The highest BCUT2D eigenvalue weighted by molar-refractivity contribution is 5.20. The van der Waals surface area contributed by atoms with E-state index in [1.54, 1.807) is 0 Å². The maximum absolute atomic E-state index is 13.0. The molecule has 0 aliphatic carbocycles. The fourth-order valence-electron chi connectivity index (χ4n) is 3.08. The summed E-state index contributed by atoms with van der Waals surface area (Å²) >= 11 is 0. The molecule has 2 saturated heterocycles. The molecule has 0 radical (unpaired) electrons. The second-order valence-electron chi connectivity index (χ2n) is 5.21. The van der Waals surface area contributed by atoms with Crippen LogP contribution < -0.4 is 5.73 Å². The zero-order valence-electron chi connectivity index (χ0n) is 10.4. The molecule has 3 atom stereocenters. The minimum atomic E-state index is -0.198. The summed E-state index contributed by atoms with van der Waals surface area (Å²) in [5, 5.41) is 0. The average molecular weight is 250 g/mol. The van der Waals surface area contributed by atoms with Crippen LogP contribution >= 0.6 is 0 Å². The minimum Gasteiger partial charge on any atom is -0.372 e. The second kappa shape index (κ2) is 4.96.